The molecule has 0 bridgehead atoms. The van der Waals surface area contributed by atoms with Gasteiger partial charge in [-0.15, -0.1) is 0 Å². The second-order valence-electron chi connectivity index (χ2n) is 6.38. The van der Waals surface area contributed by atoms with Gasteiger partial charge < -0.3 is 20.1 Å². The third-order valence-electron chi connectivity index (χ3n) is 4.10. The van der Waals surface area contributed by atoms with Crippen LogP contribution < -0.4 is 10.6 Å². The third-order valence-corrected chi connectivity index (χ3v) is 5.58. The summed E-state index contributed by atoms with van der Waals surface area (Å²) in [6.07, 6.45) is 2.76. The number of halogens is 4. The van der Waals surface area contributed by atoms with Crippen LogP contribution in [0.4, 0.5) is 0 Å². The zero-order valence-electron chi connectivity index (χ0n) is 19.2. The summed E-state index contributed by atoms with van der Waals surface area (Å²) in [5.74, 6) is -0.800. The first-order valence-electron chi connectivity index (χ1n) is 10.2. The smallest absolute Gasteiger partial charge is 0.332 e. The quantitative estimate of drug-likeness (QED) is 0.301. The first-order chi connectivity index (χ1) is 16.2. The lowest BCUT2D eigenvalue weighted by molar-refractivity contribution is -0.138. The predicted octanol–water partition coefficient (Wildman–Crippen LogP) is 6.23. The van der Waals surface area contributed by atoms with E-state index in [1.54, 1.807) is 64.3 Å². The Kier molecular flexibility index (Phi) is 13.5. The van der Waals surface area contributed by atoms with Gasteiger partial charge in [0.1, 0.15) is 0 Å². The SMILES string of the molecule is CCOC(=O)/C=C(\NC)c1ccc(Cl)c(Cl)c1.CCOC(=O)/C=C(\NC)c1ccc(Cl)c(Cl)c1. The van der Waals surface area contributed by atoms with Gasteiger partial charge in [0.2, 0.25) is 0 Å². The number of carbonyl (C=O) groups excluding carboxylic acids is 2. The lowest BCUT2D eigenvalue weighted by Gasteiger charge is -2.08. The molecule has 0 fully saturated rings. The second-order valence-corrected chi connectivity index (χ2v) is 8.01. The van der Waals surface area contributed by atoms with Crippen molar-refractivity contribution < 1.29 is 19.1 Å². The highest BCUT2D eigenvalue weighted by atomic mass is 35.5. The largest absolute Gasteiger partial charge is 0.463 e. The summed E-state index contributed by atoms with van der Waals surface area (Å²) >= 11 is 23.5. The number of ether oxygens (including phenoxy) is 2. The first kappa shape index (κ1) is 29.7. The van der Waals surface area contributed by atoms with E-state index in [0.29, 0.717) is 44.7 Å². The molecule has 6 nitrogen and oxygen atoms in total. The molecule has 0 saturated carbocycles. The first-order valence-corrected chi connectivity index (χ1v) is 11.7. The Morgan fingerprint density at radius 2 is 1.06 bits per heavy atom. The Morgan fingerprint density at radius 1 is 0.706 bits per heavy atom. The molecule has 2 aromatic carbocycles. The van der Waals surface area contributed by atoms with Crippen LogP contribution in [0.3, 0.4) is 0 Å². The third kappa shape index (κ3) is 9.85. The van der Waals surface area contributed by atoms with Crippen molar-refractivity contribution >= 4 is 69.7 Å². The number of hydrogen-bond acceptors (Lipinski definition) is 6. The van der Waals surface area contributed by atoms with Gasteiger partial charge in [-0.2, -0.15) is 0 Å². The molecule has 0 aliphatic carbocycles. The van der Waals surface area contributed by atoms with Crippen molar-refractivity contribution in [2.24, 2.45) is 0 Å². The second kappa shape index (κ2) is 15.5. The number of hydrogen-bond donors (Lipinski definition) is 2. The van der Waals surface area contributed by atoms with Crippen molar-refractivity contribution in [2.45, 2.75) is 13.8 Å². The van der Waals surface area contributed by atoms with E-state index in [9.17, 15) is 9.59 Å². The fraction of sp³-hybridized carbons (Fsp3) is 0.250. The van der Waals surface area contributed by atoms with E-state index in [4.69, 9.17) is 55.9 Å². The van der Waals surface area contributed by atoms with E-state index >= 15 is 0 Å². The number of rotatable bonds is 8. The minimum absolute atomic E-state index is 0.341. The molecule has 0 aromatic heterocycles. The zero-order valence-corrected chi connectivity index (χ0v) is 22.2. The van der Waals surface area contributed by atoms with Crippen LogP contribution in [0.25, 0.3) is 11.4 Å². The summed E-state index contributed by atoms with van der Waals surface area (Å²) < 4.78 is 9.67. The highest BCUT2D eigenvalue weighted by Crippen LogP contribution is 2.26. The van der Waals surface area contributed by atoms with Gasteiger partial charge in [-0.3, -0.25) is 0 Å². The maximum atomic E-state index is 11.3. The van der Waals surface area contributed by atoms with Crippen molar-refractivity contribution in [3.05, 3.63) is 79.8 Å². The predicted molar refractivity (Wildman–Crippen MR) is 140 cm³/mol. The molecule has 0 heterocycles. The van der Waals surface area contributed by atoms with Crippen LogP contribution in [0.15, 0.2) is 48.6 Å². The summed E-state index contributed by atoms with van der Waals surface area (Å²) in [5.41, 5.74) is 2.80. The highest BCUT2D eigenvalue weighted by molar-refractivity contribution is 6.42. The maximum absolute atomic E-state index is 11.3. The Hall–Kier alpha value is -2.38. The Labute approximate surface area is 219 Å². The minimum Gasteiger partial charge on any atom is -0.463 e. The van der Waals surface area contributed by atoms with Crippen LogP contribution in [0.2, 0.25) is 20.1 Å². The monoisotopic (exact) mass is 546 g/mol. The van der Waals surface area contributed by atoms with Crippen molar-refractivity contribution in [1.29, 1.82) is 0 Å². The molecular formula is C24H26Cl4N2O4. The zero-order chi connectivity index (χ0) is 25.7. The Bertz CT molecular complexity index is 972. The molecule has 0 atom stereocenters. The molecule has 0 aliphatic heterocycles. The molecule has 2 rings (SSSR count). The summed E-state index contributed by atoms with van der Waals surface area (Å²) in [7, 11) is 3.43. The van der Waals surface area contributed by atoms with E-state index in [0.717, 1.165) is 11.1 Å². The van der Waals surface area contributed by atoms with Gasteiger partial charge in [-0.25, -0.2) is 9.59 Å². The van der Waals surface area contributed by atoms with Crippen LogP contribution in [0, 0.1) is 0 Å². The fourth-order valence-electron chi connectivity index (χ4n) is 2.53. The summed E-state index contributed by atoms with van der Waals surface area (Å²) in [6, 6.07) is 10.3. The lowest BCUT2D eigenvalue weighted by Crippen LogP contribution is -2.09. The van der Waals surface area contributed by atoms with Crippen LogP contribution in [-0.2, 0) is 19.1 Å². The van der Waals surface area contributed by atoms with Gasteiger partial charge in [-0.1, -0.05) is 58.5 Å². The molecule has 0 radical (unpaired) electrons. The van der Waals surface area contributed by atoms with E-state index in [1.165, 1.54) is 12.2 Å². The van der Waals surface area contributed by atoms with E-state index in [2.05, 4.69) is 10.6 Å². The standard InChI is InChI=1S/2C12H13Cl2NO2/c2*1-3-17-12(16)7-11(15-2)8-4-5-9(13)10(14)6-8/h2*4-7,15H,3H2,1-2H3/b2*11-7-. The van der Waals surface area contributed by atoms with Crippen LogP contribution >= 0.6 is 46.4 Å². The Morgan fingerprint density at radius 3 is 1.32 bits per heavy atom. The molecule has 0 unspecified atom stereocenters. The molecule has 2 aromatic rings. The van der Waals surface area contributed by atoms with E-state index in [-0.39, 0.29) is 0 Å². The average molecular weight is 548 g/mol. The molecule has 184 valence electrons. The van der Waals surface area contributed by atoms with E-state index < -0.39 is 11.9 Å². The molecule has 34 heavy (non-hydrogen) atoms. The van der Waals surface area contributed by atoms with Crippen molar-refractivity contribution in [3.8, 4) is 0 Å². The van der Waals surface area contributed by atoms with Crippen LogP contribution in [0.1, 0.15) is 25.0 Å². The molecule has 0 saturated heterocycles. The maximum Gasteiger partial charge on any atom is 0.332 e. The van der Waals surface area contributed by atoms with E-state index in [1.807, 2.05) is 0 Å². The number of carbonyl (C=O) groups is 2. The highest BCUT2D eigenvalue weighted by Gasteiger charge is 2.07. The average Bonchev–Trinajstić information content (AvgIpc) is 2.80. The topological polar surface area (TPSA) is 76.7 Å². The normalized spacial score (nSPS) is 11.2. The van der Waals surface area contributed by atoms with Crippen LogP contribution in [0.5, 0.6) is 0 Å². The summed E-state index contributed by atoms with van der Waals surface area (Å²) in [4.78, 5) is 22.7. The summed E-state index contributed by atoms with van der Waals surface area (Å²) in [5, 5.41) is 7.65. The Balaban J connectivity index is 0.000000340. The molecule has 0 amide bonds. The van der Waals surface area contributed by atoms with Crippen molar-refractivity contribution in [3.63, 3.8) is 0 Å². The van der Waals surface area contributed by atoms with Gasteiger partial charge >= 0.3 is 11.9 Å². The number of nitrogens with one attached hydrogen (secondary N) is 2. The molecular weight excluding hydrogens is 522 g/mol. The molecule has 0 spiro atoms. The van der Waals surface area contributed by atoms with Gasteiger partial charge in [0.05, 0.1) is 33.3 Å². The minimum atomic E-state index is -0.400. The fourth-order valence-corrected chi connectivity index (χ4v) is 3.13. The molecule has 10 heteroatoms. The van der Waals surface area contributed by atoms with Gasteiger partial charge in [0, 0.05) is 37.6 Å². The number of esters is 2. The van der Waals surface area contributed by atoms with Gasteiger partial charge in [0.25, 0.3) is 0 Å². The van der Waals surface area contributed by atoms with Crippen molar-refractivity contribution in [1.82, 2.24) is 10.6 Å². The van der Waals surface area contributed by atoms with Gasteiger partial charge in [-0.05, 0) is 49.2 Å². The lowest BCUT2D eigenvalue weighted by atomic mass is 10.1. The number of benzene rings is 2. The van der Waals surface area contributed by atoms with Crippen LogP contribution in [-0.4, -0.2) is 39.2 Å². The molecule has 2 N–H and O–H groups in total. The van der Waals surface area contributed by atoms with Gasteiger partial charge in [0.15, 0.2) is 0 Å². The molecule has 0 aliphatic rings. The van der Waals surface area contributed by atoms with Crippen molar-refractivity contribution in [2.75, 3.05) is 27.3 Å². The summed E-state index contributed by atoms with van der Waals surface area (Å²) in [6.45, 7) is 4.19.